The molecule has 4 heteroatoms. The van der Waals surface area contributed by atoms with E-state index in [0.29, 0.717) is 11.5 Å². The van der Waals surface area contributed by atoms with Crippen molar-refractivity contribution in [2.75, 3.05) is 0 Å². The van der Waals surface area contributed by atoms with E-state index in [-0.39, 0.29) is 11.5 Å². The molecule has 0 spiro atoms. The fourth-order valence-corrected chi connectivity index (χ4v) is 1.04. The number of aromatic carboxylic acids is 1. The van der Waals surface area contributed by atoms with Crippen molar-refractivity contribution in [2.24, 2.45) is 0 Å². The van der Waals surface area contributed by atoms with Crippen LogP contribution in [0.4, 0.5) is 0 Å². The average Bonchev–Trinajstić information content (AvgIpc) is 2.30. The van der Waals surface area contributed by atoms with Gasteiger partial charge in [0, 0.05) is 5.92 Å². The predicted molar refractivity (Wildman–Crippen MR) is 42.3 cm³/mol. The molecule has 0 bridgehead atoms. The molecule has 4 nitrogen and oxygen atoms in total. The van der Waals surface area contributed by atoms with Gasteiger partial charge in [-0.15, -0.1) is 0 Å². The van der Waals surface area contributed by atoms with Crippen molar-refractivity contribution in [3.05, 3.63) is 17.0 Å². The van der Waals surface area contributed by atoms with Crippen LogP contribution in [0.1, 0.15) is 41.6 Å². The fourth-order valence-electron chi connectivity index (χ4n) is 1.04. The summed E-state index contributed by atoms with van der Waals surface area (Å²) in [6, 6.07) is 0. The smallest absolute Gasteiger partial charge is 0.341 e. The molecule has 0 atom stereocenters. The van der Waals surface area contributed by atoms with Crippen LogP contribution in [0.5, 0.6) is 0 Å². The van der Waals surface area contributed by atoms with Crippen molar-refractivity contribution >= 4 is 5.97 Å². The maximum absolute atomic E-state index is 10.7. The number of carboxylic acids is 1. The second-order valence-corrected chi connectivity index (χ2v) is 2.97. The highest BCUT2D eigenvalue weighted by molar-refractivity contribution is 5.90. The molecule has 0 radical (unpaired) electrons. The molecule has 0 fully saturated rings. The zero-order chi connectivity index (χ0) is 9.30. The molecule has 0 aliphatic carbocycles. The van der Waals surface area contributed by atoms with Crippen LogP contribution in [-0.4, -0.2) is 16.2 Å². The van der Waals surface area contributed by atoms with E-state index in [1.165, 1.54) is 0 Å². The molecule has 1 aromatic rings. The Balaban J connectivity index is 3.21. The number of nitrogens with zero attached hydrogens (tertiary/aromatic N) is 1. The summed E-state index contributed by atoms with van der Waals surface area (Å²) in [7, 11) is 0. The Hall–Kier alpha value is -1.32. The molecule has 0 aliphatic heterocycles. The maximum atomic E-state index is 10.7. The minimum absolute atomic E-state index is 0.0531. The molecule has 0 aromatic carbocycles. The lowest BCUT2D eigenvalue weighted by Gasteiger charge is -1.99. The van der Waals surface area contributed by atoms with Gasteiger partial charge in [0.2, 0.25) is 0 Å². The van der Waals surface area contributed by atoms with Crippen LogP contribution in [0, 0.1) is 6.92 Å². The lowest BCUT2D eigenvalue weighted by Crippen LogP contribution is -2.02. The van der Waals surface area contributed by atoms with E-state index in [1.54, 1.807) is 6.92 Å². The maximum Gasteiger partial charge on any atom is 0.341 e. The molecule has 0 amide bonds. The molecular formula is C8H11NO3. The van der Waals surface area contributed by atoms with E-state index in [0.717, 1.165) is 0 Å². The van der Waals surface area contributed by atoms with E-state index < -0.39 is 5.97 Å². The molecular weight excluding hydrogens is 158 g/mol. The number of aryl methyl sites for hydroxylation is 1. The summed E-state index contributed by atoms with van der Waals surface area (Å²) in [5, 5.41) is 12.4. The first kappa shape index (κ1) is 8.77. The first-order valence-corrected chi connectivity index (χ1v) is 3.73. The standard InChI is InChI=1S/C8H11NO3/c1-4(2)7-6(8(10)11)5(3)9-12-7/h4H,1-3H3,(H,10,11). The fraction of sp³-hybridized carbons (Fsp3) is 0.500. The van der Waals surface area contributed by atoms with Gasteiger partial charge in [0.25, 0.3) is 0 Å². The summed E-state index contributed by atoms with van der Waals surface area (Å²) in [4.78, 5) is 10.7. The Morgan fingerprint density at radius 2 is 2.17 bits per heavy atom. The lowest BCUT2D eigenvalue weighted by atomic mass is 10.1. The molecule has 66 valence electrons. The Morgan fingerprint density at radius 3 is 2.50 bits per heavy atom. The van der Waals surface area contributed by atoms with Crippen LogP contribution in [0.2, 0.25) is 0 Å². The lowest BCUT2D eigenvalue weighted by molar-refractivity contribution is 0.0693. The highest BCUT2D eigenvalue weighted by Gasteiger charge is 2.21. The third-order valence-electron chi connectivity index (χ3n) is 1.63. The summed E-state index contributed by atoms with van der Waals surface area (Å²) in [6.07, 6.45) is 0. The summed E-state index contributed by atoms with van der Waals surface area (Å²) >= 11 is 0. The van der Waals surface area contributed by atoms with Gasteiger partial charge in [0.05, 0.1) is 5.69 Å². The van der Waals surface area contributed by atoms with Gasteiger partial charge in [-0.05, 0) is 6.92 Å². The quantitative estimate of drug-likeness (QED) is 0.733. The molecule has 0 saturated heterocycles. The second-order valence-electron chi connectivity index (χ2n) is 2.97. The van der Waals surface area contributed by atoms with Crippen LogP contribution in [0.15, 0.2) is 4.52 Å². The second kappa shape index (κ2) is 2.97. The molecule has 1 heterocycles. The molecule has 0 aliphatic rings. The van der Waals surface area contributed by atoms with Crippen molar-refractivity contribution in [1.82, 2.24) is 5.16 Å². The SMILES string of the molecule is Cc1noc(C(C)C)c1C(=O)O. The van der Waals surface area contributed by atoms with Gasteiger partial charge < -0.3 is 9.63 Å². The van der Waals surface area contributed by atoms with E-state index in [4.69, 9.17) is 9.63 Å². The first-order valence-electron chi connectivity index (χ1n) is 3.73. The number of carboxylic acid groups (broad SMARTS) is 1. The van der Waals surface area contributed by atoms with Gasteiger partial charge in [-0.25, -0.2) is 4.79 Å². The Morgan fingerprint density at radius 1 is 1.58 bits per heavy atom. The number of hydrogen-bond donors (Lipinski definition) is 1. The minimum atomic E-state index is -0.975. The van der Waals surface area contributed by atoms with E-state index in [2.05, 4.69) is 5.16 Å². The molecule has 12 heavy (non-hydrogen) atoms. The third-order valence-corrected chi connectivity index (χ3v) is 1.63. The van der Waals surface area contributed by atoms with E-state index in [9.17, 15) is 4.79 Å². The zero-order valence-electron chi connectivity index (χ0n) is 7.29. The molecule has 1 aromatic heterocycles. The van der Waals surface area contributed by atoms with Gasteiger partial charge in [-0.3, -0.25) is 0 Å². The van der Waals surface area contributed by atoms with Gasteiger partial charge >= 0.3 is 5.97 Å². The predicted octanol–water partition coefficient (Wildman–Crippen LogP) is 1.80. The van der Waals surface area contributed by atoms with Crippen LogP contribution < -0.4 is 0 Å². The minimum Gasteiger partial charge on any atom is -0.477 e. The molecule has 0 saturated carbocycles. The van der Waals surface area contributed by atoms with Crippen molar-refractivity contribution in [3.8, 4) is 0 Å². The normalized spacial score (nSPS) is 10.7. The zero-order valence-corrected chi connectivity index (χ0v) is 7.29. The van der Waals surface area contributed by atoms with E-state index >= 15 is 0 Å². The Kier molecular flexibility index (Phi) is 2.17. The summed E-state index contributed by atoms with van der Waals surface area (Å²) in [5.41, 5.74) is 0.635. The van der Waals surface area contributed by atoms with Gasteiger partial charge in [0.15, 0.2) is 5.76 Å². The summed E-state index contributed by atoms with van der Waals surface area (Å²) in [5.74, 6) is -0.477. The number of rotatable bonds is 2. The monoisotopic (exact) mass is 169 g/mol. The molecule has 0 unspecified atom stereocenters. The highest BCUT2D eigenvalue weighted by atomic mass is 16.5. The van der Waals surface area contributed by atoms with Gasteiger partial charge in [0.1, 0.15) is 5.56 Å². The number of aromatic nitrogens is 1. The van der Waals surface area contributed by atoms with Gasteiger partial charge in [-0.1, -0.05) is 19.0 Å². The Labute approximate surface area is 70.2 Å². The van der Waals surface area contributed by atoms with Gasteiger partial charge in [-0.2, -0.15) is 0 Å². The number of hydrogen-bond acceptors (Lipinski definition) is 3. The van der Waals surface area contributed by atoms with Crippen LogP contribution in [0.3, 0.4) is 0 Å². The largest absolute Gasteiger partial charge is 0.477 e. The van der Waals surface area contributed by atoms with Crippen molar-refractivity contribution in [2.45, 2.75) is 26.7 Å². The highest BCUT2D eigenvalue weighted by Crippen LogP contribution is 2.21. The number of carbonyl (C=O) groups is 1. The topological polar surface area (TPSA) is 63.3 Å². The van der Waals surface area contributed by atoms with Crippen LogP contribution in [-0.2, 0) is 0 Å². The molecule has 1 N–H and O–H groups in total. The molecule has 1 rings (SSSR count). The van der Waals surface area contributed by atoms with Crippen molar-refractivity contribution < 1.29 is 14.4 Å². The summed E-state index contributed by atoms with van der Waals surface area (Å²) < 4.78 is 4.89. The Bertz CT molecular complexity index is 301. The average molecular weight is 169 g/mol. The van der Waals surface area contributed by atoms with E-state index in [1.807, 2.05) is 13.8 Å². The third kappa shape index (κ3) is 1.32. The van der Waals surface area contributed by atoms with Crippen molar-refractivity contribution in [1.29, 1.82) is 0 Å². The van der Waals surface area contributed by atoms with Crippen LogP contribution >= 0.6 is 0 Å². The van der Waals surface area contributed by atoms with Crippen molar-refractivity contribution in [3.63, 3.8) is 0 Å². The van der Waals surface area contributed by atoms with Crippen LogP contribution in [0.25, 0.3) is 0 Å². The summed E-state index contributed by atoms with van der Waals surface area (Å²) in [6.45, 7) is 5.36. The first-order chi connectivity index (χ1) is 5.54.